The van der Waals surface area contributed by atoms with Gasteiger partial charge in [0.05, 0.1) is 25.3 Å². The third-order valence-electron chi connectivity index (χ3n) is 3.44. The van der Waals surface area contributed by atoms with Crippen LogP contribution in [0.15, 0.2) is 48.5 Å². The Morgan fingerprint density at radius 2 is 1.14 bits per heavy atom. The average Bonchev–Trinajstić information content (AvgIpc) is 2.78. The molecule has 0 aliphatic rings. The van der Waals surface area contributed by atoms with E-state index >= 15 is 0 Å². The highest BCUT2D eigenvalue weighted by molar-refractivity contribution is 5.89. The Balaban J connectivity index is 1.88. The van der Waals surface area contributed by atoms with Crippen LogP contribution in [0.1, 0.15) is 20.7 Å². The van der Waals surface area contributed by atoms with Crippen molar-refractivity contribution < 1.29 is 43.3 Å². The van der Waals surface area contributed by atoms with Crippen LogP contribution in [0.2, 0.25) is 0 Å². The van der Waals surface area contributed by atoms with Crippen molar-refractivity contribution >= 4 is 11.9 Å². The van der Waals surface area contributed by atoms with Crippen LogP contribution in [-0.4, -0.2) is 39.4 Å². The number of benzene rings is 2. The molecule has 0 heterocycles. The van der Waals surface area contributed by atoms with Crippen molar-refractivity contribution in [1.82, 2.24) is 0 Å². The molecule has 0 aliphatic heterocycles. The molecular weight excluding hydrogens is 384 g/mol. The minimum absolute atomic E-state index is 0.0784. The molecule has 2 aromatic rings. The smallest absolute Gasteiger partial charge is 0.373 e. The van der Waals surface area contributed by atoms with Gasteiger partial charge in [0, 0.05) is 6.61 Å². The van der Waals surface area contributed by atoms with Crippen molar-refractivity contribution in [3.05, 3.63) is 72.9 Å². The predicted molar refractivity (Wildman–Crippen MR) is 98.4 cm³/mol. The number of ether oxygens (including phenoxy) is 3. The molecule has 0 spiro atoms. The molecule has 9 heteroatoms. The first-order valence-electron chi connectivity index (χ1n) is 8.36. The molecule has 0 saturated carbocycles. The van der Waals surface area contributed by atoms with E-state index in [-0.39, 0.29) is 24.3 Å². The normalized spacial score (nSPS) is 10.5. The summed E-state index contributed by atoms with van der Waals surface area (Å²) in [6.07, 6.45) is -0.405. The molecule has 29 heavy (non-hydrogen) atoms. The molecule has 9 nitrogen and oxygen atoms in total. The molecule has 2 rings (SSSR count). The Morgan fingerprint density at radius 1 is 0.724 bits per heavy atom. The lowest BCUT2D eigenvalue weighted by Gasteiger charge is -2.13. The highest BCUT2D eigenvalue weighted by Crippen LogP contribution is 2.16. The molecule has 0 atom stereocenters. The van der Waals surface area contributed by atoms with Crippen LogP contribution in [0.25, 0.3) is 0 Å². The number of hydrogen-bond donors (Lipinski definition) is 0. The SMILES string of the molecule is [CH2]COC[C](OOC(=O)c1ccc(OC)cc1)OOC(=O)c1ccc(OC)cc1. The summed E-state index contributed by atoms with van der Waals surface area (Å²) in [4.78, 5) is 43.0. The van der Waals surface area contributed by atoms with Crippen molar-refractivity contribution in [2.45, 2.75) is 0 Å². The Bertz CT molecular complexity index is 708. The number of carbonyl (C=O) groups excluding carboxylic acids is 2. The topological polar surface area (TPSA) is 98.8 Å². The van der Waals surface area contributed by atoms with Gasteiger partial charge >= 0.3 is 18.2 Å². The zero-order valence-corrected chi connectivity index (χ0v) is 15.9. The summed E-state index contributed by atoms with van der Waals surface area (Å²) in [6.45, 7) is 3.29. The van der Waals surface area contributed by atoms with Gasteiger partial charge in [-0.3, -0.25) is 9.78 Å². The third kappa shape index (κ3) is 7.07. The molecule has 0 amide bonds. The molecule has 0 unspecified atom stereocenters. The summed E-state index contributed by atoms with van der Waals surface area (Å²) in [5.41, 5.74) is 0.414. The highest BCUT2D eigenvalue weighted by Gasteiger charge is 2.22. The Hall–Kier alpha value is -3.14. The van der Waals surface area contributed by atoms with E-state index < -0.39 is 18.2 Å². The van der Waals surface area contributed by atoms with Gasteiger partial charge in [0.15, 0.2) is 0 Å². The second kappa shape index (κ2) is 11.6. The van der Waals surface area contributed by atoms with E-state index in [1.165, 1.54) is 38.5 Å². The van der Waals surface area contributed by atoms with Crippen molar-refractivity contribution in [2.24, 2.45) is 0 Å². The third-order valence-corrected chi connectivity index (χ3v) is 3.44. The molecule has 0 saturated heterocycles. The second-order valence-corrected chi connectivity index (χ2v) is 5.29. The molecule has 0 aromatic heterocycles. The lowest BCUT2D eigenvalue weighted by atomic mass is 10.2. The Morgan fingerprint density at radius 3 is 1.48 bits per heavy atom. The largest absolute Gasteiger partial charge is 0.497 e. The molecule has 2 aromatic carbocycles. The number of carbonyl (C=O) groups is 2. The maximum absolute atomic E-state index is 12.0. The molecule has 0 bridgehead atoms. The van der Waals surface area contributed by atoms with Crippen molar-refractivity contribution in [3.8, 4) is 11.5 Å². The van der Waals surface area contributed by atoms with Gasteiger partial charge in [0.2, 0.25) is 0 Å². The standard InChI is InChI=1S/C20H20O9/c1-4-25-13-18(26-28-19(21)14-5-9-16(23-2)10-6-14)27-29-20(22)15-7-11-17(24-3)12-8-15/h5-12H,1,4,13H2,2-3H3. The van der Waals surface area contributed by atoms with Gasteiger partial charge in [0.1, 0.15) is 18.1 Å². The monoisotopic (exact) mass is 404 g/mol. The first-order valence-corrected chi connectivity index (χ1v) is 8.36. The van der Waals surface area contributed by atoms with Gasteiger partial charge in [-0.2, -0.15) is 0 Å². The van der Waals surface area contributed by atoms with E-state index in [9.17, 15) is 9.59 Å². The maximum atomic E-state index is 12.0. The van der Waals surface area contributed by atoms with Crippen LogP contribution in [0.5, 0.6) is 11.5 Å². The summed E-state index contributed by atoms with van der Waals surface area (Å²) >= 11 is 0. The minimum Gasteiger partial charge on any atom is -0.497 e. The molecule has 0 fully saturated rings. The van der Waals surface area contributed by atoms with Crippen molar-refractivity contribution in [1.29, 1.82) is 0 Å². The molecule has 0 N–H and O–H groups in total. The Kier molecular flexibility index (Phi) is 8.90. The molecule has 0 aliphatic carbocycles. The van der Waals surface area contributed by atoms with Gasteiger partial charge in [-0.25, -0.2) is 9.59 Å². The van der Waals surface area contributed by atoms with Crippen molar-refractivity contribution in [3.63, 3.8) is 0 Å². The van der Waals surface area contributed by atoms with Crippen LogP contribution in [0.3, 0.4) is 0 Å². The first kappa shape index (κ1) is 22.2. The van der Waals surface area contributed by atoms with Gasteiger partial charge in [-0.1, -0.05) is 0 Å². The zero-order chi connectivity index (χ0) is 21.1. The summed E-state index contributed by atoms with van der Waals surface area (Å²) < 4.78 is 15.0. The highest BCUT2D eigenvalue weighted by atomic mass is 17.3. The van der Waals surface area contributed by atoms with E-state index in [0.717, 1.165) is 0 Å². The predicted octanol–water partition coefficient (Wildman–Crippen LogP) is 2.92. The minimum atomic E-state index is -0.801. The summed E-state index contributed by atoms with van der Waals surface area (Å²) in [7, 11) is 3.01. The van der Waals surface area contributed by atoms with E-state index in [1.807, 2.05) is 0 Å². The fraction of sp³-hybridized carbons (Fsp3) is 0.200. The fourth-order valence-electron chi connectivity index (χ4n) is 1.94. The lowest BCUT2D eigenvalue weighted by Crippen LogP contribution is -2.20. The van der Waals surface area contributed by atoms with E-state index in [0.29, 0.717) is 11.5 Å². The van der Waals surface area contributed by atoms with Crippen molar-refractivity contribution in [2.75, 3.05) is 27.4 Å². The van der Waals surface area contributed by atoms with Gasteiger partial charge < -0.3 is 14.2 Å². The van der Waals surface area contributed by atoms with Crippen LogP contribution in [-0.2, 0) is 24.3 Å². The summed E-state index contributed by atoms with van der Waals surface area (Å²) in [5.74, 6) is -0.450. The van der Waals surface area contributed by atoms with Gasteiger partial charge in [-0.15, -0.1) is 9.78 Å². The molecule has 154 valence electrons. The van der Waals surface area contributed by atoms with E-state index in [4.69, 9.17) is 24.0 Å². The van der Waals surface area contributed by atoms with Crippen LogP contribution in [0.4, 0.5) is 0 Å². The summed E-state index contributed by atoms with van der Waals surface area (Å²) in [5, 5.41) is 0. The second-order valence-electron chi connectivity index (χ2n) is 5.29. The fourth-order valence-corrected chi connectivity index (χ4v) is 1.94. The molecular formula is C20H20O9. The van der Waals surface area contributed by atoms with Gasteiger partial charge in [-0.05, 0) is 55.5 Å². The van der Waals surface area contributed by atoms with E-state index in [2.05, 4.69) is 16.7 Å². The number of methoxy groups -OCH3 is 2. The average molecular weight is 404 g/mol. The Labute approximate surface area is 167 Å². The van der Waals surface area contributed by atoms with Gasteiger partial charge in [0.25, 0.3) is 0 Å². The lowest BCUT2D eigenvalue weighted by molar-refractivity contribution is -0.368. The summed E-state index contributed by atoms with van der Waals surface area (Å²) in [6, 6.07) is 12.3. The first-order chi connectivity index (χ1) is 14.1. The molecule has 2 radical (unpaired) electrons. The number of rotatable bonds is 11. The van der Waals surface area contributed by atoms with Crippen LogP contribution < -0.4 is 9.47 Å². The quantitative estimate of drug-likeness (QED) is 0.413. The maximum Gasteiger partial charge on any atom is 0.373 e. The van der Waals surface area contributed by atoms with E-state index in [1.54, 1.807) is 24.3 Å². The van der Waals surface area contributed by atoms with Crippen LogP contribution in [0, 0.1) is 13.2 Å². The zero-order valence-electron chi connectivity index (χ0n) is 15.9. The van der Waals surface area contributed by atoms with Crippen LogP contribution >= 0.6 is 0 Å². The number of hydrogen-bond acceptors (Lipinski definition) is 9.